The molecule has 0 aromatic heterocycles. The Morgan fingerprint density at radius 2 is 2.00 bits per heavy atom. The van der Waals surface area contributed by atoms with Crippen LogP contribution in [0.5, 0.6) is 0 Å². The van der Waals surface area contributed by atoms with Crippen LogP contribution in [0.2, 0.25) is 0 Å². The molecule has 0 aliphatic carbocycles. The minimum absolute atomic E-state index is 0.346. The number of nitrogens with zero attached hydrogens (tertiary/aromatic N) is 1. The molecule has 0 spiro atoms. The van der Waals surface area contributed by atoms with Gasteiger partial charge in [-0.2, -0.15) is 0 Å². The summed E-state index contributed by atoms with van der Waals surface area (Å²) >= 11 is 1.60. The van der Waals surface area contributed by atoms with Crippen molar-refractivity contribution in [1.82, 2.24) is 0 Å². The van der Waals surface area contributed by atoms with Gasteiger partial charge in [0.1, 0.15) is 5.60 Å². The standard InChI is InChI=1S/C13H15NO2S/c1-13(2,3)16-12(15)14-8-9-17-11-7-5-4-6-10(11)14/h4-9H,1-3H3. The number of anilines is 1. The average molecular weight is 249 g/mol. The number of thioether (sulfide) groups is 1. The normalized spacial score (nSPS) is 14.4. The Morgan fingerprint density at radius 3 is 2.71 bits per heavy atom. The average Bonchev–Trinajstić information content (AvgIpc) is 2.26. The monoisotopic (exact) mass is 249 g/mol. The quantitative estimate of drug-likeness (QED) is 0.696. The minimum Gasteiger partial charge on any atom is -0.443 e. The number of benzene rings is 1. The highest BCUT2D eigenvalue weighted by Gasteiger charge is 2.24. The SMILES string of the molecule is CC(C)(C)OC(=O)N1C=CSc2ccccc21. The Bertz CT molecular complexity index is 463. The van der Waals surface area contributed by atoms with Gasteiger partial charge in [0.2, 0.25) is 0 Å². The van der Waals surface area contributed by atoms with Crippen molar-refractivity contribution in [1.29, 1.82) is 0 Å². The maximum atomic E-state index is 12.0. The number of hydrogen-bond donors (Lipinski definition) is 0. The molecule has 1 aliphatic heterocycles. The van der Waals surface area contributed by atoms with Crippen LogP contribution in [0, 0.1) is 0 Å². The van der Waals surface area contributed by atoms with E-state index in [4.69, 9.17) is 4.74 Å². The van der Waals surface area contributed by atoms with Gasteiger partial charge in [-0.3, -0.25) is 4.90 Å². The molecule has 4 heteroatoms. The molecule has 3 nitrogen and oxygen atoms in total. The highest BCUT2D eigenvalue weighted by Crippen LogP contribution is 2.35. The highest BCUT2D eigenvalue weighted by molar-refractivity contribution is 8.02. The third-order valence-corrected chi connectivity index (χ3v) is 2.98. The Balaban J connectivity index is 2.25. The van der Waals surface area contributed by atoms with Gasteiger partial charge in [-0.15, -0.1) is 0 Å². The van der Waals surface area contributed by atoms with Crippen LogP contribution < -0.4 is 4.90 Å². The smallest absolute Gasteiger partial charge is 0.419 e. The predicted molar refractivity (Wildman–Crippen MR) is 70.2 cm³/mol. The summed E-state index contributed by atoms with van der Waals surface area (Å²) in [5, 5.41) is 1.88. The van der Waals surface area contributed by atoms with Crippen LogP contribution in [-0.2, 0) is 4.74 Å². The summed E-state index contributed by atoms with van der Waals surface area (Å²) in [5.74, 6) is 0. The van der Waals surface area contributed by atoms with E-state index in [1.54, 1.807) is 18.0 Å². The fourth-order valence-electron chi connectivity index (χ4n) is 1.47. The molecule has 0 radical (unpaired) electrons. The molecule has 1 aromatic carbocycles. The number of ether oxygens (including phenoxy) is 1. The summed E-state index contributed by atoms with van der Waals surface area (Å²) in [6.07, 6.45) is 1.39. The molecule has 2 rings (SSSR count). The van der Waals surface area contributed by atoms with Crippen LogP contribution in [-0.4, -0.2) is 11.7 Å². The Labute approximate surface area is 105 Å². The topological polar surface area (TPSA) is 29.5 Å². The molecule has 0 bridgehead atoms. The molecule has 1 amide bonds. The van der Waals surface area contributed by atoms with Crippen molar-refractivity contribution >= 4 is 23.5 Å². The Hall–Kier alpha value is -1.42. The number of carbonyl (C=O) groups excluding carboxylic acids is 1. The van der Waals surface area contributed by atoms with Crippen molar-refractivity contribution in [3.05, 3.63) is 35.9 Å². The molecule has 1 aromatic rings. The lowest BCUT2D eigenvalue weighted by Crippen LogP contribution is -2.34. The number of fused-ring (bicyclic) bond motifs is 1. The van der Waals surface area contributed by atoms with E-state index in [0.717, 1.165) is 10.6 Å². The molecule has 1 heterocycles. The van der Waals surface area contributed by atoms with Gasteiger partial charge in [0.25, 0.3) is 0 Å². The molecule has 0 saturated heterocycles. The number of amides is 1. The van der Waals surface area contributed by atoms with Crippen LogP contribution >= 0.6 is 11.8 Å². The first-order valence-corrected chi connectivity index (χ1v) is 6.30. The summed E-state index contributed by atoms with van der Waals surface area (Å²) in [7, 11) is 0. The van der Waals surface area contributed by atoms with Crippen molar-refractivity contribution in [2.75, 3.05) is 4.90 Å². The summed E-state index contributed by atoms with van der Waals surface area (Å²) in [4.78, 5) is 14.6. The Morgan fingerprint density at radius 1 is 1.29 bits per heavy atom. The van der Waals surface area contributed by atoms with Crippen LogP contribution in [0.4, 0.5) is 10.5 Å². The maximum absolute atomic E-state index is 12.0. The summed E-state index contributed by atoms with van der Waals surface area (Å²) in [6.45, 7) is 5.58. The second-order valence-corrected chi connectivity index (χ2v) is 5.67. The van der Waals surface area contributed by atoms with E-state index in [-0.39, 0.29) is 6.09 Å². The molecule has 1 aliphatic rings. The van der Waals surface area contributed by atoms with Gasteiger partial charge in [-0.05, 0) is 38.3 Å². The van der Waals surface area contributed by atoms with E-state index >= 15 is 0 Å². The van der Waals surface area contributed by atoms with Gasteiger partial charge in [-0.25, -0.2) is 4.79 Å². The van der Waals surface area contributed by atoms with Gasteiger partial charge in [-0.1, -0.05) is 23.9 Å². The van der Waals surface area contributed by atoms with Crippen LogP contribution in [0.1, 0.15) is 20.8 Å². The summed E-state index contributed by atoms with van der Waals surface area (Å²) < 4.78 is 5.36. The zero-order valence-electron chi connectivity index (χ0n) is 10.1. The lowest BCUT2D eigenvalue weighted by atomic mass is 10.2. The first-order chi connectivity index (χ1) is 7.97. The second kappa shape index (κ2) is 4.45. The molecule has 90 valence electrons. The van der Waals surface area contributed by atoms with E-state index in [1.807, 2.05) is 50.4 Å². The lowest BCUT2D eigenvalue weighted by Gasteiger charge is -2.27. The first kappa shape index (κ1) is 12.0. The first-order valence-electron chi connectivity index (χ1n) is 5.42. The van der Waals surface area contributed by atoms with E-state index in [1.165, 1.54) is 4.90 Å². The lowest BCUT2D eigenvalue weighted by molar-refractivity contribution is 0.0596. The maximum Gasteiger partial charge on any atom is 0.419 e. The van der Waals surface area contributed by atoms with Crippen molar-refractivity contribution in [2.45, 2.75) is 31.3 Å². The van der Waals surface area contributed by atoms with Crippen LogP contribution in [0.15, 0.2) is 40.8 Å². The van der Waals surface area contributed by atoms with Crippen LogP contribution in [0.25, 0.3) is 0 Å². The van der Waals surface area contributed by atoms with Crippen molar-refractivity contribution in [3.63, 3.8) is 0 Å². The fourth-order valence-corrected chi connectivity index (χ4v) is 2.24. The largest absolute Gasteiger partial charge is 0.443 e. The number of para-hydroxylation sites is 1. The zero-order chi connectivity index (χ0) is 12.5. The zero-order valence-corrected chi connectivity index (χ0v) is 11.0. The van der Waals surface area contributed by atoms with E-state index in [2.05, 4.69) is 0 Å². The van der Waals surface area contributed by atoms with E-state index in [0.29, 0.717) is 0 Å². The molecule has 0 N–H and O–H groups in total. The van der Waals surface area contributed by atoms with Crippen LogP contribution in [0.3, 0.4) is 0 Å². The molecular formula is C13H15NO2S. The molecular weight excluding hydrogens is 234 g/mol. The Kier molecular flexibility index (Phi) is 3.15. The van der Waals surface area contributed by atoms with Gasteiger partial charge in [0.05, 0.1) is 5.69 Å². The number of hydrogen-bond acceptors (Lipinski definition) is 3. The van der Waals surface area contributed by atoms with Crippen molar-refractivity contribution < 1.29 is 9.53 Å². The molecule has 0 unspecified atom stereocenters. The fraction of sp³-hybridized carbons (Fsp3) is 0.308. The summed E-state index contributed by atoms with van der Waals surface area (Å²) in [6, 6.07) is 7.77. The van der Waals surface area contributed by atoms with E-state index in [9.17, 15) is 4.79 Å². The van der Waals surface area contributed by atoms with E-state index < -0.39 is 5.60 Å². The van der Waals surface area contributed by atoms with Gasteiger partial charge in [0, 0.05) is 11.1 Å². The molecule has 0 atom stereocenters. The van der Waals surface area contributed by atoms with Gasteiger partial charge >= 0.3 is 6.09 Å². The predicted octanol–water partition coefficient (Wildman–Crippen LogP) is 4.01. The molecule has 17 heavy (non-hydrogen) atoms. The third-order valence-electron chi connectivity index (χ3n) is 2.12. The minimum atomic E-state index is -0.482. The number of carbonyl (C=O) groups is 1. The second-order valence-electron chi connectivity index (χ2n) is 4.72. The van der Waals surface area contributed by atoms with Crippen molar-refractivity contribution in [2.24, 2.45) is 0 Å². The highest BCUT2D eigenvalue weighted by atomic mass is 32.2. The summed E-state index contributed by atoms with van der Waals surface area (Å²) in [5.41, 5.74) is 0.388. The molecule has 0 saturated carbocycles. The molecule has 0 fully saturated rings. The van der Waals surface area contributed by atoms with Gasteiger partial charge < -0.3 is 4.74 Å². The van der Waals surface area contributed by atoms with Gasteiger partial charge in [0.15, 0.2) is 0 Å². The third kappa shape index (κ3) is 2.82. The number of rotatable bonds is 0. The van der Waals surface area contributed by atoms with Crippen molar-refractivity contribution in [3.8, 4) is 0 Å².